The molecule has 0 spiro atoms. The van der Waals surface area contributed by atoms with Crippen molar-refractivity contribution in [1.82, 2.24) is 14.8 Å². The summed E-state index contributed by atoms with van der Waals surface area (Å²) in [6.07, 6.45) is -12.4. The average molecular weight is 698 g/mol. The molecule has 0 saturated carbocycles. The van der Waals surface area contributed by atoms with E-state index in [2.05, 4.69) is 0 Å². The number of likely N-dealkylation sites (tertiary alicyclic amines) is 1. The summed E-state index contributed by atoms with van der Waals surface area (Å²) < 4.78 is 115. The number of benzene rings is 3. The lowest BCUT2D eigenvalue weighted by Gasteiger charge is -2.42. The van der Waals surface area contributed by atoms with Crippen molar-refractivity contribution in [2.24, 2.45) is 12.5 Å². The maximum Gasteiger partial charge on any atom is 0.417 e. The van der Waals surface area contributed by atoms with Gasteiger partial charge in [-0.1, -0.05) is 54.6 Å². The third kappa shape index (κ3) is 6.85. The molecule has 262 valence electrons. The van der Waals surface area contributed by atoms with E-state index in [9.17, 15) is 54.6 Å². The molecule has 0 bridgehead atoms. The minimum absolute atomic E-state index is 0.0511. The van der Waals surface area contributed by atoms with Gasteiger partial charge in [0.25, 0.3) is 11.5 Å². The van der Waals surface area contributed by atoms with Gasteiger partial charge in [-0.05, 0) is 53.9 Å². The van der Waals surface area contributed by atoms with Gasteiger partial charge in [0.2, 0.25) is 5.91 Å². The molecule has 5 rings (SSSR count). The molecule has 0 unspecified atom stereocenters. The largest absolute Gasteiger partial charge is 0.480 e. The predicted molar refractivity (Wildman–Crippen MR) is 165 cm³/mol. The molecule has 1 aliphatic heterocycles. The van der Waals surface area contributed by atoms with E-state index in [1.807, 2.05) is 5.32 Å². The summed E-state index contributed by atoms with van der Waals surface area (Å²) in [5.41, 5.74) is -5.66. The number of nitrogens with zero attached hydrogens (tertiary/aromatic N) is 2. The van der Waals surface area contributed by atoms with Crippen LogP contribution in [-0.2, 0) is 29.2 Å². The summed E-state index contributed by atoms with van der Waals surface area (Å²) in [5, 5.41) is 12.1. The lowest BCUT2D eigenvalue weighted by atomic mass is 9.76. The Morgan fingerprint density at radius 2 is 1.47 bits per heavy atom. The first kappa shape index (κ1) is 35.8. The number of halogens is 8. The predicted octanol–water partition coefficient (Wildman–Crippen LogP) is 6.79. The fraction of sp³-hybridized carbons (Fsp3) is 0.382. The van der Waals surface area contributed by atoms with Crippen LogP contribution in [0.15, 0.2) is 65.5 Å². The number of aryl methyl sites for hydroxylation is 1. The highest BCUT2D eigenvalue weighted by atomic mass is 19.4. The van der Waals surface area contributed by atoms with Crippen molar-refractivity contribution in [2.45, 2.75) is 50.5 Å². The van der Waals surface area contributed by atoms with Crippen LogP contribution in [-0.4, -0.2) is 64.2 Å². The van der Waals surface area contributed by atoms with Crippen molar-refractivity contribution in [3.63, 3.8) is 0 Å². The number of alkyl halides is 8. The van der Waals surface area contributed by atoms with E-state index in [1.165, 1.54) is 67.7 Å². The fourth-order valence-corrected chi connectivity index (χ4v) is 6.65. The molecule has 1 atom stereocenters. The van der Waals surface area contributed by atoms with Gasteiger partial charge in [0.1, 0.15) is 11.5 Å². The van der Waals surface area contributed by atoms with E-state index in [1.54, 1.807) is 0 Å². The molecule has 1 amide bonds. The standard InChI is InChI=1S/C34H31F8N3O4/c1-31(35,36)18-45-15-13-32(14-16-45,34(40,41)42)30(49)43-24(29(47)48)17-19-7-5-10-21-20(19)9-6-11-22(21)26-27(33(37,38)39)23-8-3-4-12-25(23)44(2)28(26)46/h3-12,24H,13-18H2,1-2H3,(H,43,49)(H,47,48)/t24-/m0/s1. The molecule has 0 radical (unpaired) electrons. The fourth-order valence-electron chi connectivity index (χ4n) is 6.65. The number of fused-ring (bicyclic) bond motifs is 2. The molecule has 49 heavy (non-hydrogen) atoms. The number of hydrogen-bond acceptors (Lipinski definition) is 4. The highest BCUT2D eigenvalue weighted by molar-refractivity contribution is 6.02. The topological polar surface area (TPSA) is 91.6 Å². The first-order valence-corrected chi connectivity index (χ1v) is 15.2. The number of aromatic nitrogens is 1. The number of rotatable bonds is 8. The number of aliphatic carboxylic acids is 1. The van der Waals surface area contributed by atoms with Crippen LogP contribution < -0.4 is 10.9 Å². The number of carboxylic acids is 1. The number of hydrogen-bond donors (Lipinski definition) is 2. The number of pyridine rings is 1. The van der Waals surface area contributed by atoms with E-state index in [0.29, 0.717) is 6.92 Å². The molecule has 1 aromatic heterocycles. The zero-order valence-corrected chi connectivity index (χ0v) is 26.2. The number of carbonyl (C=O) groups excluding carboxylic acids is 1. The van der Waals surface area contributed by atoms with Crippen LogP contribution in [0.1, 0.15) is 30.9 Å². The van der Waals surface area contributed by atoms with Crippen LogP contribution in [0.3, 0.4) is 0 Å². The summed E-state index contributed by atoms with van der Waals surface area (Å²) in [4.78, 5) is 40.2. The van der Waals surface area contributed by atoms with E-state index in [4.69, 9.17) is 0 Å². The Balaban J connectivity index is 1.53. The number of piperidine rings is 1. The van der Waals surface area contributed by atoms with Crippen molar-refractivity contribution in [2.75, 3.05) is 19.6 Å². The summed E-state index contributed by atoms with van der Waals surface area (Å²) in [6.45, 7) is -1.14. The first-order valence-electron chi connectivity index (χ1n) is 15.2. The monoisotopic (exact) mass is 697 g/mol. The summed E-state index contributed by atoms with van der Waals surface area (Å²) in [7, 11) is 1.33. The van der Waals surface area contributed by atoms with Crippen molar-refractivity contribution in [1.29, 1.82) is 0 Å². The Kier molecular flexibility index (Phi) is 9.30. The van der Waals surface area contributed by atoms with E-state index < -0.39 is 97.2 Å². The van der Waals surface area contributed by atoms with Gasteiger partial charge in [0.15, 0.2) is 0 Å². The molecular formula is C34H31F8N3O4. The number of nitrogens with one attached hydrogen (secondary N) is 1. The van der Waals surface area contributed by atoms with Crippen molar-refractivity contribution < 1.29 is 49.8 Å². The number of para-hydroxylation sites is 1. The van der Waals surface area contributed by atoms with E-state index in [-0.39, 0.29) is 32.8 Å². The van der Waals surface area contributed by atoms with Gasteiger partial charge in [-0.2, -0.15) is 26.3 Å². The second-order valence-electron chi connectivity index (χ2n) is 12.4. The van der Waals surface area contributed by atoms with Crippen molar-refractivity contribution >= 4 is 33.6 Å². The van der Waals surface area contributed by atoms with Gasteiger partial charge in [-0.25, -0.2) is 13.6 Å². The van der Waals surface area contributed by atoms with Crippen molar-refractivity contribution in [3.05, 3.63) is 82.1 Å². The van der Waals surface area contributed by atoms with Crippen LogP contribution in [0.5, 0.6) is 0 Å². The van der Waals surface area contributed by atoms with Crippen LogP contribution in [0.2, 0.25) is 0 Å². The SMILES string of the molecule is Cn1c(=O)c(-c2cccc3c(C[C@H](NC(=O)C4(C(F)(F)F)CCN(CC(C)(F)F)CC4)C(=O)O)cccc23)c(C(F)(F)F)c2ccccc21. The molecular weight excluding hydrogens is 666 g/mol. The van der Waals surface area contributed by atoms with Crippen LogP contribution in [0.4, 0.5) is 35.1 Å². The van der Waals surface area contributed by atoms with Crippen molar-refractivity contribution in [3.8, 4) is 11.1 Å². The second kappa shape index (κ2) is 12.7. The van der Waals surface area contributed by atoms with Crippen LogP contribution >= 0.6 is 0 Å². The smallest absolute Gasteiger partial charge is 0.417 e. The molecule has 4 aromatic rings. The molecule has 1 saturated heterocycles. The summed E-state index contributed by atoms with van der Waals surface area (Å²) >= 11 is 0. The number of carbonyl (C=O) groups is 2. The Morgan fingerprint density at radius 1 is 0.878 bits per heavy atom. The Labute approximate surface area is 274 Å². The molecule has 1 aliphatic rings. The number of amides is 1. The molecule has 15 heteroatoms. The number of carboxylic acid groups (broad SMARTS) is 1. The van der Waals surface area contributed by atoms with Gasteiger partial charge in [-0.15, -0.1) is 0 Å². The van der Waals surface area contributed by atoms with Gasteiger partial charge >= 0.3 is 18.3 Å². The summed E-state index contributed by atoms with van der Waals surface area (Å²) in [6, 6.07) is 12.0. The molecule has 2 N–H and O–H groups in total. The molecule has 2 heterocycles. The van der Waals surface area contributed by atoms with Gasteiger partial charge < -0.3 is 15.0 Å². The highest BCUT2D eigenvalue weighted by Crippen LogP contribution is 2.47. The van der Waals surface area contributed by atoms with Crippen LogP contribution in [0.25, 0.3) is 32.8 Å². The normalized spacial score (nSPS) is 16.5. The maximum absolute atomic E-state index is 14.6. The zero-order valence-electron chi connectivity index (χ0n) is 26.2. The Bertz CT molecular complexity index is 1970. The van der Waals surface area contributed by atoms with Gasteiger partial charge in [0, 0.05) is 25.8 Å². The van der Waals surface area contributed by atoms with Gasteiger partial charge in [-0.3, -0.25) is 14.5 Å². The minimum Gasteiger partial charge on any atom is -0.480 e. The lowest BCUT2D eigenvalue weighted by Crippen LogP contribution is -2.59. The first-order chi connectivity index (χ1) is 22.7. The summed E-state index contributed by atoms with van der Waals surface area (Å²) in [5.74, 6) is -6.47. The Hall–Kier alpha value is -4.53. The van der Waals surface area contributed by atoms with Gasteiger partial charge in [0.05, 0.1) is 23.2 Å². The van der Waals surface area contributed by atoms with E-state index >= 15 is 0 Å². The minimum atomic E-state index is -5.13. The third-order valence-corrected chi connectivity index (χ3v) is 9.08. The highest BCUT2D eigenvalue weighted by Gasteiger charge is 2.61. The molecule has 7 nitrogen and oxygen atoms in total. The van der Waals surface area contributed by atoms with E-state index in [0.717, 1.165) is 9.47 Å². The maximum atomic E-state index is 14.6. The second-order valence-corrected chi connectivity index (χ2v) is 12.4. The zero-order chi connectivity index (χ0) is 36.1. The molecule has 3 aromatic carbocycles. The lowest BCUT2D eigenvalue weighted by molar-refractivity contribution is -0.234. The van der Waals surface area contributed by atoms with Crippen LogP contribution in [0, 0.1) is 5.41 Å². The molecule has 1 fully saturated rings. The quantitative estimate of drug-likeness (QED) is 0.198. The Morgan fingerprint density at radius 3 is 2.06 bits per heavy atom. The average Bonchev–Trinajstić information content (AvgIpc) is 3.00. The molecule has 0 aliphatic carbocycles. The third-order valence-electron chi connectivity index (χ3n) is 9.08.